The summed E-state index contributed by atoms with van der Waals surface area (Å²) in [5.74, 6) is 5.03. The highest BCUT2D eigenvalue weighted by molar-refractivity contribution is 7.03. The lowest BCUT2D eigenvalue weighted by molar-refractivity contribution is 0.253. The molecule has 0 amide bonds. The average Bonchev–Trinajstić information content (AvgIpc) is 3.05. The molecule has 2 atom stereocenters. The second kappa shape index (κ2) is 16.6. The summed E-state index contributed by atoms with van der Waals surface area (Å²) >= 11 is 0. The van der Waals surface area contributed by atoms with Crippen molar-refractivity contribution in [2.75, 3.05) is 0 Å². The Hall–Kier alpha value is -3.65. The second-order valence-electron chi connectivity index (χ2n) is 13.5. The quantitative estimate of drug-likeness (QED) is 0.173. The van der Waals surface area contributed by atoms with E-state index in [1.807, 2.05) is 67.6 Å². The van der Waals surface area contributed by atoms with Crippen molar-refractivity contribution in [2.45, 2.75) is 77.6 Å². The van der Waals surface area contributed by atoms with Crippen molar-refractivity contribution < 1.29 is 9.90 Å². The Morgan fingerprint density at radius 3 is 1.13 bits per heavy atom. The first-order valence-corrected chi connectivity index (χ1v) is 20.1. The van der Waals surface area contributed by atoms with Crippen LogP contribution in [-0.2, 0) is 0 Å². The van der Waals surface area contributed by atoms with E-state index in [4.69, 9.17) is 11.5 Å². The predicted octanol–water partition coefficient (Wildman–Crippen LogP) is 6.86. The van der Waals surface area contributed by atoms with Crippen LogP contribution in [0.25, 0.3) is 0 Å². The molecule has 4 rings (SSSR count). The van der Waals surface area contributed by atoms with Crippen LogP contribution in [0.15, 0.2) is 121 Å². The van der Waals surface area contributed by atoms with Gasteiger partial charge in [0.1, 0.15) is 14.2 Å². The van der Waals surface area contributed by atoms with Crippen molar-refractivity contribution in [3.63, 3.8) is 0 Å². The number of aliphatic hydroxyl groups is 1. The standard InChI is InChI=1S/C20H24OSi.C17H22Si.C4H6O/c1-5-17(2)16-20(3,4)22(21,18-12-8-6-9-13-18)19-14-10-7-11-15-19;1-17(2,3)18(4,15-11-7-5-8-12-15)16-13-9-6-10-14-16;1-3-4(2)5/h1,6-15,17,21H,16H2,2-4H3;5-14H,1-4H3;1,4-5H,2H3/t17-;;4-/m1.1/s1. The minimum Gasteiger partial charge on any atom is -0.424 e. The molecule has 4 heteroatoms. The molecule has 236 valence electrons. The third-order valence-electron chi connectivity index (χ3n) is 8.91. The molecular weight excluding hydrogens is 581 g/mol. The highest BCUT2D eigenvalue weighted by Gasteiger charge is 2.50. The maximum absolute atomic E-state index is 11.9. The van der Waals surface area contributed by atoms with Crippen LogP contribution in [0.1, 0.15) is 54.9 Å². The maximum Gasteiger partial charge on any atom is 0.258 e. The van der Waals surface area contributed by atoms with E-state index >= 15 is 0 Å². The molecule has 45 heavy (non-hydrogen) atoms. The number of aliphatic hydroxyl groups excluding tert-OH is 1. The Labute approximate surface area is 275 Å². The van der Waals surface area contributed by atoms with Gasteiger partial charge in [-0.1, -0.05) is 186 Å². The summed E-state index contributed by atoms with van der Waals surface area (Å²) in [6.45, 7) is 17.5. The van der Waals surface area contributed by atoms with Crippen molar-refractivity contribution >= 4 is 37.1 Å². The van der Waals surface area contributed by atoms with Crippen LogP contribution < -0.4 is 20.7 Å². The topological polar surface area (TPSA) is 40.5 Å². The molecule has 0 fully saturated rings. The monoisotopic (exact) mass is 632 g/mol. The molecule has 0 aliphatic rings. The van der Waals surface area contributed by atoms with E-state index in [1.54, 1.807) is 6.92 Å². The normalized spacial score (nSPS) is 13.0. The number of benzene rings is 4. The highest BCUT2D eigenvalue weighted by atomic mass is 28.4. The highest BCUT2D eigenvalue weighted by Crippen LogP contribution is 2.41. The summed E-state index contributed by atoms with van der Waals surface area (Å²) in [7, 11) is -4.61. The van der Waals surface area contributed by atoms with Gasteiger partial charge in [0, 0.05) is 5.92 Å². The SMILES string of the molecule is C#C[C@@H](C)CC(C)(C)[Si](O)(c1ccccc1)c1ccccc1.C#C[C@@H](C)O.CC(C)(C)[Si](C)(c1ccccc1)c1ccccc1. The summed E-state index contributed by atoms with van der Waals surface area (Å²) in [6.07, 6.45) is 10.5. The first-order valence-electron chi connectivity index (χ1n) is 15.7. The molecule has 4 aromatic carbocycles. The molecule has 0 saturated heterocycles. The average molecular weight is 633 g/mol. The Morgan fingerprint density at radius 2 is 0.889 bits per heavy atom. The fraction of sp³-hybridized carbons (Fsp3) is 0.317. The van der Waals surface area contributed by atoms with Crippen LogP contribution in [0, 0.1) is 30.6 Å². The molecule has 4 aromatic rings. The molecule has 0 unspecified atom stereocenters. The molecule has 0 radical (unpaired) electrons. The molecular formula is C41H52O2Si2. The lowest BCUT2D eigenvalue weighted by atomic mass is 9.99. The first kappa shape index (κ1) is 37.5. The van der Waals surface area contributed by atoms with Gasteiger partial charge in [-0.05, 0) is 33.8 Å². The summed E-state index contributed by atoms with van der Waals surface area (Å²) in [5.41, 5.74) is 0. The smallest absolute Gasteiger partial charge is 0.258 e. The van der Waals surface area contributed by atoms with Crippen LogP contribution in [-0.4, -0.2) is 32.4 Å². The van der Waals surface area contributed by atoms with Crippen molar-refractivity contribution in [3.05, 3.63) is 121 Å². The van der Waals surface area contributed by atoms with E-state index in [2.05, 4.69) is 120 Å². The molecule has 2 N–H and O–H groups in total. The van der Waals surface area contributed by atoms with Crippen molar-refractivity contribution in [1.29, 1.82) is 0 Å². The molecule has 0 bridgehead atoms. The number of rotatable bonds is 7. The summed E-state index contributed by atoms with van der Waals surface area (Å²) in [4.78, 5) is 11.9. The van der Waals surface area contributed by atoms with E-state index in [0.717, 1.165) is 16.8 Å². The lowest BCUT2D eigenvalue weighted by Crippen LogP contribution is -2.65. The van der Waals surface area contributed by atoms with Gasteiger partial charge in [-0.3, -0.25) is 0 Å². The summed E-state index contributed by atoms with van der Waals surface area (Å²) < 4.78 is 0. The fourth-order valence-electron chi connectivity index (χ4n) is 5.85. The van der Waals surface area contributed by atoms with E-state index in [0.29, 0.717) is 5.04 Å². The lowest BCUT2D eigenvalue weighted by Gasteiger charge is -2.42. The Kier molecular flexibility index (Phi) is 13.9. The van der Waals surface area contributed by atoms with Crippen LogP contribution in [0.2, 0.25) is 16.6 Å². The zero-order valence-corrected chi connectivity index (χ0v) is 30.5. The van der Waals surface area contributed by atoms with Crippen LogP contribution in [0.3, 0.4) is 0 Å². The van der Waals surface area contributed by atoms with Crippen molar-refractivity contribution in [2.24, 2.45) is 5.92 Å². The predicted molar refractivity (Wildman–Crippen MR) is 201 cm³/mol. The zero-order chi connectivity index (χ0) is 33.7. The van der Waals surface area contributed by atoms with Gasteiger partial charge in [-0.2, -0.15) is 0 Å². The molecule has 0 heterocycles. The van der Waals surface area contributed by atoms with Crippen LogP contribution in [0.5, 0.6) is 0 Å². The van der Waals surface area contributed by atoms with Gasteiger partial charge in [0.15, 0.2) is 0 Å². The van der Waals surface area contributed by atoms with Gasteiger partial charge >= 0.3 is 0 Å². The van der Waals surface area contributed by atoms with Gasteiger partial charge < -0.3 is 9.90 Å². The van der Waals surface area contributed by atoms with Gasteiger partial charge in [0.25, 0.3) is 8.32 Å². The van der Waals surface area contributed by atoms with Crippen LogP contribution >= 0.6 is 0 Å². The Morgan fingerprint density at radius 1 is 0.600 bits per heavy atom. The molecule has 0 aromatic heterocycles. The number of hydrogen-bond acceptors (Lipinski definition) is 2. The number of hydrogen-bond donors (Lipinski definition) is 2. The van der Waals surface area contributed by atoms with Gasteiger partial charge in [-0.25, -0.2) is 0 Å². The van der Waals surface area contributed by atoms with E-state index in [9.17, 15) is 4.80 Å². The third-order valence-corrected chi connectivity index (χ3v) is 19.4. The maximum atomic E-state index is 11.9. The van der Waals surface area contributed by atoms with Gasteiger partial charge in [0.05, 0.1) is 0 Å². The zero-order valence-electron chi connectivity index (χ0n) is 28.5. The fourth-order valence-corrected chi connectivity index (χ4v) is 13.5. The molecule has 0 saturated carbocycles. The Bertz CT molecular complexity index is 1420. The van der Waals surface area contributed by atoms with Gasteiger partial charge in [-0.15, -0.1) is 18.8 Å². The van der Waals surface area contributed by atoms with Crippen LogP contribution in [0.4, 0.5) is 0 Å². The summed E-state index contributed by atoms with van der Waals surface area (Å²) in [6, 6.07) is 42.2. The third kappa shape index (κ3) is 9.43. The van der Waals surface area contributed by atoms with E-state index in [1.165, 1.54) is 10.4 Å². The Balaban J connectivity index is 0.000000277. The summed E-state index contributed by atoms with van der Waals surface area (Å²) in [5, 5.41) is 13.3. The van der Waals surface area contributed by atoms with E-state index < -0.39 is 22.5 Å². The molecule has 0 aliphatic carbocycles. The molecule has 2 nitrogen and oxygen atoms in total. The van der Waals surface area contributed by atoms with Gasteiger partial charge in [0.2, 0.25) is 0 Å². The number of terminal acetylenes is 2. The van der Waals surface area contributed by atoms with Crippen molar-refractivity contribution in [1.82, 2.24) is 0 Å². The minimum atomic E-state index is -2.90. The largest absolute Gasteiger partial charge is 0.424 e. The van der Waals surface area contributed by atoms with E-state index in [-0.39, 0.29) is 11.0 Å². The minimum absolute atomic E-state index is 0.140. The second-order valence-corrected chi connectivity index (χ2v) is 22.4. The molecule has 0 spiro atoms. The first-order chi connectivity index (χ1) is 21.1. The molecule has 0 aliphatic heterocycles. The van der Waals surface area contributed by atoms with Crippen molar-refractivity contribution in [3.8, 4) is 24.7 Å².